The number of rotatable bonds is 17. The zero-order valence-corrected chi connectivity index (χ0v) is 21.6. The second-order valence-electron chi connectivity index (χ2n) is 8.83. The van der Waals surface area contributed by atoms with Crippen molar-refractivity contribution in [2.24, 2.45) is 0 Å². The van der Waals surface area contributed by atoms with Gasteiger partial charge in [0.1, 0.15) is 10.1 Å². The third-order valence-electron chi connectivity index (χ3n) is 5.98. The summed E-state index contributed by atoms with van der Waals surface area (Å²) < 4.78 is 32.3. The van der Waals surface area contributed by atoms with Gasteiger partial charge in [0, 0.05) is 0 Å². The van der Waals surface area contributed by atoms with Gasteiger partial charge < -0.3 is 9.04 Å². The van der Waals surface area contributed by atoms with Gasteiger partial charge in [-0.15, -0.1) is 0 Å². The molecule has 0 amide bonds. The SMILES string of the molecule is CCCCCCCC[N+](CCCC)(CCCC)CCCC.O=S(=O)([O-])c1ccccc1. The second kappa shape index (κ2) is 18.6. The molecule has 182 valence electrons. The quantitative estimate of drug-likeness (QED) is 0.142. The molecule has 0 saturated carbocycles. The Balaban J connectivity index is 0.000000743. The summed E-state index contributed by atoms with van der Waals surface area (Å²) in [6.45, 7) is 15.1. The normalized spacial score (nSPS) is 11.8. The third kappa shape index (κ3) is 15.5. The van der Waals surface area contributed by atoms with Gasteiger partial charge in [0.25, 0.3) is 0 Å². The van der Waals surface area contributed by atoms with Crippen molar-refractivity contribution in [3.05, 3.63) is 30.3 Å². The first-order valence-electron chi connectivity index (χ1n) is 12.7. The van der Waals surface area contributed by atoms with E-state index < -0.39 is 10.1 Å². The molecule has 4 nitrogen and oxygen atoms in total. The minimum Gasteiger partial charge on any atom is -0.744 e. The molecule has 1 aromatic rings. The van der Waals surface area contributed by atoms with E-state index in [0.29, 0.717) is 0 Å². The van der Waals surface area contributed by atoms with E-state index in [1.165, 1.54) is 132 Å². The van der Waals surface area contributed by atoms with Crippen molar-refractivity contribution >= 4 is 10.1 Å². The third-order valence-corrected chi connectivity index (χ3v) is 6.83. The van der Waals surface area contributed by atoms with Crippen LogP contribution in [0.4, 0.5) is 0 Å². The zero-order chi connectivity index (χ0) is 23.4. The lowest BCUT2D eigenvalue weighted by molar-refractivity contribution is -0.929. The largest absolute Gasteiger partial charge is 0.744 e. The summed E-state index contributed by atoms with van der Waals surface area (Å²) in [5.41, 5.74) is 0. The van der Waals surface area contributed by atoms with Crippen LogP contribution in [0.5, 0.6) is 0 Å². The molecule has 0 saturated heterocycles. The molecule has 0 atom stereocenters. The van der Waals surface area contributed by atoms with E-state index in [4.69, 9.17) is 0 Å². The number of nitrogens with zero attached hydrogens (tertiary/aromatic N) is 1. The van der Waals surface area contributed by atoms with Crippen LogP contribution in [0.2, 0.25) is 0 Å². The lowest BCUT2D eigenvalue weighted by atomic mass is 10.1. The van der Waals surface area contributed by atoms with Gasteiger partial charge in [-0.05, 0) is 44.2 Å². The molecule has 0 unspecified atom stereocenters. The highest BCUT2D eigenvalue weighted by Gasteiger charge is 2.24. The highest BCUT2D eigenvalue weighted by molar-refractivity contribution is 7.85. The summed E-state index contributed by atoms with van der Waals surface area (Å²) >= 11 is 0. The Morgan fingerprint density at radius 2 is 1.00 bits per heavy atom. The van der Waals surface area contributed by atoms with Gasteiger partial charge in [0.15, 0.2) is 0 Å². The van der Waals surface area contributed by atoms with Crippen molar-refractivity contribution in [3.8, 4) is 0 Å². The maximum atomic E-state index is 10.3. The first kappa shape index (κ1) is 30.1. The monoisotopic (exact) mass is 455 g/mol. The summed E-state index contributed by atoms with van der Waals surface area (Å²) in [6.07, 6.45) is 17.0. The number of hydrogen-bond donors (Lipinski definition) is 0. The molecule has 1 rings (SSSR count). The van der Waals surface area contributed by atoms with E-state index in [1.54, 1.807) is 6.07 Å². The fraction of sp³-hybridized carbons (Fsp3) is 0.769. The van der Waals surface area contributed by atoms with Gasteiger partial charge in [-0.25, -0.2) is 8.42 Å². The van der Waals surface area contributed by atoms with Gasteiger partial charge in [-0.2, -0.15) is 0 Å². The fourth-order valence-electron chi connectivity index (χ4n) is 3.97. The highest BCUT2D eigenvalue weighted by Crippen LogP contribution is 2.17. The molecular weight excluding hydrogens is 406 g/mol. The van der Waals surface area contributed by atoms with Gasteiger partial charge in [-0.3, -0.25) is 0 Å². The van der Waals surface area contributed by atoms with Crippen LogP contribution in [0.3, 0.4) is 0 Å². The molecule has 0 spiro atoms. The predicted molar refractivity (Wildman–Crippen MR) is 132 cm³/mol. The number of benzene rings is 1. The van der Waals surface area contributed by atoms with Crippen molar-refractivity contribution in [2.75, 3.05) is 26.2 Å². The summed E-state index contributed by atoms with van der Waals surface area (Å²) in [7, 11) is -4.25. The van der Waals surface area contributed by atoms with Crippen LogP contribution in [0.15, 0.2) is 35.2 Å². The molecule has 0 aliphatic rings. The minimum absolute atomic E-state index is 0.185. The average molecular weight is 456 g/mol. The van der Waals surface area contributed by atoms with Crippen LogP contribution < -0.4 is 0 Å². The molecule has 31 heavy (non-hydrogen) atoms. The Hall–Kier alpha value is -0.910. The summed E-state index contributed by atoms with van der Waals surface area (Å²) in [5, 5.41) is 0. The van der Waals surface area contributed by atoms with E-state index in [1.807, 2.05) is 0 Å². The Morgan fingerprint density at radius 1 is 0.613 bits per heavy atom. The Bertz CT molecular complexity index is 595. The molecule has 0 heterocycles. The second-order valence-corrected chi connectivity index (χ2v) is 10.2. The van der Waals surface area contributed by atoms with E-state index in [0.717, 1.165) is 0 Å². The molecule has 5 heteroatoms. The maximum absolute atomic E-state index is 10.3. The van der Waals surface area contributed by atoms with Gasteiger partial charge in [0.2, 0.25) is 0 Å². The van der Waals surface area contributed by atoms with Crippen LogP contribution in [0.1, 0.15) is 105 Å². The van der Waals surface area contributed by atoms with Crippen LogP contribution >= 0.6 is 0 Å². The Kier molecular flexibility index (Phi) is 18.1. The zero-order valence-electron chi connectivity index (χ0n) is 20.8. The van der Waals surface area contributed by atoms with Crippen LogP contribution in [-0.2, 0) is 10.1 Å². The first-order valence-corrected chi connectivity index (χ1v) is 14.1. The van der Waals surface area contributed by atoms with E-state index >= 15 is 0 Å². The maximum Gasteiger partial charge on any atom is 0.124 e. The molecule has 0 fully saturated rings. The van der Waals surface area contributed by atoms with Crippen molar-refractivity contribution in [2.45, 2.75) is 110 Å². The predicted octanol–water partition coefficient (Wildman–Crippen LogP) is 7.15. The summed E-state index contributed by atoms with van der Waals surface area (Å²) in [4.78, 5) is -0.185. The average Bonchev–Trinajstić information content (AvgIpc) is 2.77. The van der Waals surface area contributed by atoms with Gasteiger partial charge in [-0.1, -0.05) is 90.8 Å². The summed E-state index contributed by atoms with van der Waals surface area (Å²) in [5.74, 6) is 0. The lowest BCUT2D eigenvalue weighted by Gasteiger charge is -2.39. The minimum atomic E-state index is -4.25. The lowest BCUT2D eigenvalue weighted by Crippen LogP contribution is -2.50. The smallest absolute Gasteiger partial charge is 0.124 e. The first-order chi connectivity index (χ1) is 14.8. The standard InChI is InChI=1S/C20H44N.C6H6O3S/c1-5-9-13-14-15-16-20-21(17-10-6-2,18-11-7-3)19-12-8-4;7-10(8,9)6-4-2-1-3-5-6/h5-20H2,1-4H3;1-5H,(H,7,8,9)/q+1;/p-1. The number of hydrogen-bond acceptors (Lipinski definition) is 3. The van der Waals surface area contributed by atoms with Crippen LogP contribution in [0, 0.1) is 0 Å². The molecule has 0 aliphatic carbocycles. The molecule has 0 bridgehead atoms. The molecule has 1 aromatic carbocycles. The Labute approximate surface area is 193 Å². The topological polar surface area (TPSA) is 57.2 Å². The van der Waals surface area contributed by atoms with Gasteiger partial charge >= 0.3 is 0 Å². The number of unbranched alkanes of at least 4 members (excludes halogenated alkanes) is 8. The molecular formula is C26H49NO3S. The summed E-state index contributed by atoms with van der Waals surface area (Å²) in [6, 6.07) is 7.19. The molecule has 0 aromatic heterocycles. The fourth-order valence-corrected chi connectivity index (χ4v) is 4.46. The highest BCUT2D eigenvalue weighted by atomic mass is 32.2. The number of quaternary nitrogens is 1. The molecule has 0 radical (unpaired) electrons. The molecule has 0 aliphatic heterocycles. The van der Waals surface area contributed by atoms with Crippen LogP contribution in [-0.4, -0.2) is 43.6 Å². The van der Waals surface area contributed by atoms with E-state index in [9.17, 15) is 13.0 Å². The molecule has 0 N–H and O–H groups in total. The van der Waals surface area contributed by atoms with Crippen molar-refractivity contribution < 1.29 is 17.5 Å². The van der Waals surface area contributed by atoms with Gasteiger partial charge in [0.05, 0.1) is 31.1 Å². The Morgan fingerprint density at radius 3 is 1.39 bits per heavy atom. The van der Waals surface area contributed by atoms with Crippen LogP contribution in [0.25, 0.3) is 0 Å². The van der Waals surface area contributed by atoms with E-state index in [-0.39, 0.29) is 4.90 Å². The van der Waals surface area contributed by atoms with Crippen molar-refractivity contribution in [1.29, 1.82) is 0 Å². The van der Waals surface area contributed by atoms with E-state index in [2.05, 4.69) is 27.7 Å². The van der Waals surface area contributed by atoms with Crippen molar-refractivity contribution in [1.82, 2.24) is 0 Å². The van der Waals surface area contributed by atoms with Crippen molar-refractivity contribution in [3.63, 3.8) is 0 Å².